The third-order valence-corrected chi connectivity index (χ3v) is 3.09. The van der Waals surface area contributed by atoms with Crippen LogP contribution in [0.5, 0.6) is 0 Å². The zero-order chi connectivity index (χ0) is 14.0. The van der Waals surface area contributed by atoms with E-state index >= 15 is 0 Å². The highest BCUT2D eigenvalue weighted by Gasteiger charge is 2.11. The van der Waals surface area contributed by atoms with Gasteiger partial charge in [-0.2, -0.15) is 0 Å². The monoisotopic (exact) mass is 342 g/mol. The average molecular weight is 344 g/mol. The summed E-state index contributed by atoms with van der Waals surface area (Å²) in [4.78, 5) is 15.9. The number of aromatic nitrogens is 1. The number of carbonyl (C=O) groups excluding carboxylic acids is 1. The van der Waals surface area contributed by atoms with Gasteiger partial charge in [-0.15, -0.1) is 0 Å². The van der Waals surface area contributed by atoms with Gasteiger partial charge in [0.1, 0.15) is 5.82 Å². The van der Waals surface area contributed by atoms with Gasteiger partial charge in [0.25, 0.3) is 5.91 Å². The number of nitrogens with one attached hydrogen (secondary N) is 1. The van der Waals surface area contributed by atoms with Gasteiger partial charge in [0, 0.05) is 16.2 Å². The topological polar surface area (TPSA) is 42.0 Å². The Morgan fingerprint density at radius 1 is 1.37 bits per heavy atom. The molecule has 0 atom stereocenters. The first-order valence-corrected chi connectivity index (χ1v) is 6.52. The van der Waals surface area contributed by atoms with E-state index in [0.717, 1.165) is 0 Å². The lowest BCUT2D eigenvalue weighted by Gasteiger charge is -2.08. The molecule has 2 aromatic rings. The van der Waals surface area contributed by atoms with Crippen molar-refractivity contribution in [3.05, 3.63) is 57.0 Å². The molecule has 1 aromatic heterocycles. The van der Waals surface area contributed by atoms with Gasteiger partial charge in [-0.1, -0.05) is 11.6 Å². The molecule has 0 saturated carbocycles. The van der Waals surface area contributed by atoms with Crippen LogP contribution in [0.4, 0.5) is 10.1 Å². The van der Waals surface area contributed by atoms with Crippen molar-refractivity contribution in [3.8, 4) is 0 Å². The molecule has 1 amide bonds. The second kappa shape index (κ2) is 5.67. The van der Waals surface area contributed by atoms with Crippen molar-refractivity contribution in [2.75, 3.05) is 5.32 Å². The summed E-state index contributed by atoms with van der Waals surface area (Å²) in [5, 5.41) is 2.76. The number of aryl methyl sites for hydroxylation is 1. The third-order valence-electron chi connectivity index (χ3n) is 2.36. The van der Waals surface area contributed by atoms with Crippen molar-refractivity contribution in [1.82, 2.24) is 4.98 Å². The van der Waals surface area contributed by atoms with E-state index in [1.807, 2.05) is 0 Å². The first kappa shape index (κ1) is 14.0. The maximum absolute atomic E-state index is 13.2. The van der Waals surface area contributed by atoms with Crippen LogP contribution in [0, 0.1) is 12.7 Å². The zero-order valence-corrected chi connectivity index (χ0v) is 12.2. The highest BCUT2D eigenvalue weighted by molar-refractivity contribution is 9.10. The molecular weight excluding hydrogens is 335 g/mol. The van der Waals surface area contributed by atoms with Crippen molar-refractivity contribution in [2.45, 2.75) is 6.92 Å². The van der Waals surface area contributed by atoms with Crippen LogP contribution >= 0.6 is 27.5 Å². The van der Waals surface area contributed by atoms with Crippen molar-refractivity contribution in [3.63, 3.8) is 0 Å². The van der Waals surface area contributed by atoms with Gasteiger partial charge < -0.3 is 5.32 Å². The van der Waals surface area contributed by atoms with Gasteiger partial charge in [0.05, 0.1) is 5.69 Å². The maximum atomic E-state index is 13.2. The summed E-state index contributed by atoms with van der Waals surface area (Å²) in [6, 6.07) is 5.74. The Morgan fingerprint density at radius 3 is 2.79 bits per heavy atom. The summed E-state index contributed by atoms with van der Waals surface area (Å²) in [5.41, 5.74) is 1.26. The number of rotatable bonds is 2. The van der Waals surface area contributed by atoms with Gasteiger partial charge in [-0.3, -0.25) is 4.79 Å². The third kappa shape index (κ3) is 3.52. The molecule has 0 aliphatic rings. The first-order valence-electron chi connectivity index (χ1n) is 5.35. The number of hydrogen-bond donors (Lipinski definition) is 1. The molecular formula is C13H9BrClFN2O. The fourth-order valence-corrected chi connectivity index (χ4v) is 2.05. The van der Waals surface area contributed by atoms with Crippen molar-refractivity contribution >= 4 is 39.1 Å². The predicted molar refractivity (Wildman–Crippen MR) is 76.0 cm³/mol. The van der Waals surface area contributed by atoms with E-state index in [1.165, 1.54) is 18.3 Å². The smallest absolute Gasteiger partial charge is 0.255 e. The number of halogens is 3. The minimum absolute atomic E-state index is 0.171. The summed E-state index contributed by atoms with van der Waals surface area (Å²) in [6.45, 7) is 1.72. The van der Waals surface area contributed by atoms with E-state index in [-0.39, 0.29) is 10.7 Å². The Bertz CT molecular complexity index is 628. The molecule has 1 N–H and O–H groups in total. The maximum Gasteiger partial charge on any atom is 0.255 e. The van der Waals surface area contributed by atoms with Gasteiger partial charge in [-0.25, -0.2) is 9.37 Å². The Hall–Kier alpha value is -1.46. The number of nitrogens with zero attached hydrogens (tertiary/aromatic N) is 1. The van der Waals surface area contributed by atoms with Crippen LogP contribution in [0.3, 0.4) is 0 Å². The molecule has 0 spiro atoms. The normalized spacial score (nSPS) is 10.3. The van der Waals surface area contributed by atoms with Crippen LogP contribution in [0.2, 0.25) is 5.15 Å². The molecule has 19 heavy (non-hydrogen) atoms. The van der Waals surface area contributed by atoms with Crippen molar-refractivity contribution < 1.29 is 9.18 Å². The second-order valence-corrected chi connectivity index (χ2v) is 5.24. The molecule has 3 nitrogen and oxygen atoms in total. The molecule has 1 aromatic carbocycles. The molecule has 2 rings (SSSR count). The highest BCUT2D eigenvalue weighted by atomic mass is 79.9. The highest BCUT2D eigenvalue weighted by Crippen LogP contribution is 2.23. The molecule has 0 aliphatic heterocycles. The molecule has 6 heteroatoms. The molecule has 0 bridgehead atoms. The Balaban J connectivity index is 2.28. The molecule has 1 heterocycles. The summed E-state index contributed by atoms with van der Waals surface area (Å²) in [7, 11) is 0. The van der Waals surface area contributed by atoms with Gasteiger partial charge >= 0.3 is 0 Å². The first-order chi connectivity index (χ1) is 8.95. The Labute approximate surface area is 122 Å². The SMILES string of the molecule is Cc1cc(F)cc(C(=O)Nc2cc(Br)cnc2Cl)c1. The quantitative estimate of drug-likeness (QED) is 0.831. The molecule has 0 saturated heterocycles. The molecule has 98 valence electrons. The second-order valence-electron chi connectivity index (χ2n) is 3.96. The number of carbonyl (C=O) groups is 1. The standard InChI is InChI=1S/C13H9BrClFN2O/c1-7-2-8(4-10(16)3-7)13(19)18-11-5-9(14)6-17-12(11)15/h2-6H,1H3,(H,18,19). The van der Waals surface area contributed by atoms with E-state index in [9.17, 15) is 9.18 Å². The number of benzene rings is 1. The lowest BCUT2D eigenvalue weighted by Crippen LogP contribution is -2.13. The van der Waals surface area contributed by atoms with E-state index in [0.29, 0.717) is 15.7 Å². The molecule has 0 radical (unpaired) electrons. The Morgan fingerprint density at radius 2 is 2.11 bits per heavy atom. The lowest BCUT2D eigenvalue weighted by molar-refractivity contribution is 0.102. The number of pyridine rings is 1. The summed E-state index contributed by atoms with van der Waals surface area (Å²) in [5.74, 6) is -0.895. The summed E-state index contributed by atoms with van der Waals surface area (Å²) < 4.78 is 13.9. The predicted octanol–water partition coefficient (Wildman–Crippen LogP) is 4.20. The van der Waals surface area contributed by atoms with Gasteiger partial charge in [-0.05, 0) is 52.7 Å². The summed E-state index contributed by atoms with van der Waals surface area (Å²) in [6.07, 6.45) is 1.52. The van der Waals surface area contributed by atoms with E-state index < -0.39 is 11.7 Å². The lowest BCUT2D eigenvalue weighted by atomic mass is 10.1. The van der Waals surface area contributed by atoms with Gasteiger partial charge in [0.2, 0.25) is 0 Å². The largest absolute Gasteiger partial charge is 0.319 e. The fraction of sp³-hybridized carbons (Fsp3) is 0.0769. The van der Waals surface area contributed by atoms with Crippen LogP contribution in [-0.4, -0.2) is 10.9 Å². The number of amides is 1. The average Bonchev–Trinajstić information content (AvgIpc) is 2.32. The minimum Gasteiger partial charge on any atom is -0.319 e. The van der Waals surface area contributed by atoms with E-state index in [4.69, 9.17) is 11.6 Å². The summed E-state index contributed by atoms with van der Waals surface area (Å²) >= 11 is 9.10. The minimum atomic E-state index is -0.455. The zero-order valence-electron chi connectivity index (χ0n) is 9.88. The van der Waals surface area contributed by atoms with Crippen molar-refractivity contribution in [1.29, 1.82) is 0 Å². The van der Waals surface area contributed by atoms with Crippen LogP contribution in [-0.2, 0) is 0 Å². The van der Waals surface area contributed by atoms with Crippen LogP contribution in [0.15, 0.2) is 34.9 Å². The fourth-order valence-electron chi connectivity index (χ4n) is 1.57. The Kier molecular flexibility index (Phi) is 4.17. The molecule has 0 fully saturated rings. The molecule has 0 unspecified atom stereocenters. The van der Waals surface area contributed by atoms with Gasteiger partial charge in [0.15, 0.2) is 5.15 Å². The van der Waals surface area contributed by atoms with Crippen LogP contribution in [0.1, 0.15) is 15.9 Å². The van der Waals surface area contributed by atoms with Crippen LogP contribution in [0.25, 0.3) is 0 Å². The van der Waals surface area contributed by atoms with E-state index in [1.54, 1.807) is 19.1 Å². The number of anilines is 1. The van der Waals surface area contributed by atoms with Crippen molar-refractivity contribution in [2.24, 2.45) is 0 Å². The molecule has 0 aliphatic carbocycles. The van der Waals surface area contributed by atoms with Crippen LogP contribution < -0.4 is 5.32 Å². The van der Waals surface area contributed by atoms with E-state index in [2.05, 4.69) is 26.2 Å². The number of hydrogen-bond acceptors (Lipinski definition) is 2.